The molecule has 2 aromatic rings. The highest BCUT2D eigenvalue weighted by atomic mass is 16.5. The van der Waals surface area contributed by atoms with Gasteiger partial charge in [-0.3, -0.25) is 4.90 Å². The molecule has 0 aliphatic carbocycles. The number of aliphatic hydroxyl groups is 1. The molecule has 0 radical (unpaired) electrons. The van der Waals surface area contributed by atoms with E-state index in [1.807, 2.05) is 48.5 Å². The number of hydrogen-bond acceptors (Lipinski definition) is 4. The largest absolute Gasteiger partial charge is 0.479 e. The number of benzene rings is 2. The third kappa shape index (κ3) is 4.23. The summed E-state index contributed by atoms with van der Waals surface area (Å²) in [5.74, 6) is -0.378. The van der Waals surface area contributed by atoms with E-state index >= 15 is 0 Å². The fourth-order valence-electron chi connectivity index (χ4n) is 3.35. The molecule has 3 rings (SSSR count). The van der Waals surface area contributed by atoms with E-state index in [0.717, 1.165) is 24.2 Å². The molecule has 1 saturated heterocycles. The van der Waals surface area contributed by atoms with Crippen molar-refractivity contribution in [3.63, 3.8) is 0 Å². The Morgan fingerprint density at radius 3 is 2.38 bits per heavy atom. The highest BCUT2D eigenvalue weighted by molar-refractivity contribution is 5.72. The van der Waals surface area contributed by atoms with Crippen molar-refractivity contribution in [2.45, 2.75) is 38.0 Å². The second-order valence-corrected chi connectivity index (χ2v) is 6.88. The first-order chi connectivity index (χ1) is 12.5. The fraction of sp³-hybridized carbons (Fsp3) is 0.381. The topological polar surface area (TPSA) is 70.0 Å². The minimum absolute atomic E-state index is 0.603. The number of hydrogen-bond donors (Lipinski definition) is 2. The second kappa shape index (κ2) is 7.89. The lowest BCUT2D eigenvalue weighted by Crippen LogP contribution is -2.42. The van der Waals surface area contributed by atoms with Gasteiger partial charge in [-0.05, 0) is 31.4 Å². The smallest absolute Gasteiger partial charge is 0.344 e. The van der Waals surface area contributed by atoms with Crippen molar-refractivity contribution >= 4 is 5.97 Å². The Morgan fingerprint density at radius 1 is 1.12 bits per heavy atom. The number of rotatable bonds is 6. The summed E-state index contributed by atoms with van der Waals surface area (Å²) in [6, 6.07) is 17.4. The molecule has 1 aliphatic rings. The Bertz CT molecular complexity index is 739. The molecule has 2 aromatic carbocycles. The third-order valence-electron chi connectivity index (χ3n) is 5.01. The van der Waals surface area contributed by atoms with Crippen LogP contribution in [0.3, 0.4) is 0 Å². The molecular weight excluding hydrogens is 330 g/mol. The van der Waals surface area contributed by atoms with E-state index in [4.69, 9.17) is 9.84 Å². The van der Waals surface area contributed by atoms with E-state index in [9.17, 15) is 9.90 Å². The van der Waals surface area contributed by atoms with Crippen LogP contribution in [-0.4, -0.2) is 40.3 Å². The molecular formula is C21H25NO4. The van der Waals surface area contributed by atoms with Gasteiger partial charge in [0, 0.05) is 25.2 Å². The molecule has 5 heteroatoms. The summed E-state index contributed by atoms with van der Waals surface area (Å²) in [6.45, 7) is 3.75. The number of carboxylic acid groups (broad SMARTS) is 1. The van der Waals surface area contributed by atoms with Crippen molar-refractivity contribution in [3.05, 3.63) is 65.7 Å². The molecule has 0 saturated carbocycles. The first-order valence-corrected chi connectivity index (χ1v) is 8.95. The third-order valence-corrected chi connectivity index (χ3v) is 5.01. The summed E-state index contributed by atoms with van der Waals surface area (Å²) in [6.07, 6.45) is 0.456. The van der Waals surface area contributed by atoms with Gasteiger partial charge < -0.3 is 14.9 Å². The number of piperidine rings is 1. The van der Waals surface area contributed by atoms with E-state index in [1.165, 1.54) is 6.92 Å². The number of carbonyl (C=O) groups is 1. The summed E-state index contributed by atoms with van der Waals surface area (Å²) >= 11 is 0. The lowest BCUT2D eigenvalue weighted by atomic mass is 9.84. The van der Waals surface area contributed by atoms with Crippen LogP contribution < -0.4 is 4.74 Å². The maximum absolute atomic E-state index is 11.0. The van der Waals surface area contributed by atoms with Crippen LogP contribution in [0.5, 0.6) is 5.75 Å². The van der Waals surface area contributed by atoms with Gasteiger partial charge in [0.15, 0.2) is 6.10 Å². The first-order valence-electron chi connectivity index (χ1n) is 8.95. The highest BCUT2D eigenvalue weighted by Gasteiger charge is 2.33. The van der Waals surface area contributed by atoms with Crippen LogP contribution in [0.1, 0.15) is 30.9 Å². The Labute approximate surface area is 153 Å². The molecule has 1 aliphatic heterocycles. The highest BCUT2D eigenvalue weighted by Crippen LogP contribution is 2.33. The Balaban J connectivity index is 1.64. The summed E-state index contributed by atoms with van der Waals surface area (Å²) in [5.41, 5.74) is 1.16. The van der Waals surface area contributed by atoms with Gasteiger partial charge in [0.2, 0.25) is 0 Å². The number of likely N-dealkylation sites (tertiary alicyclic amines) is 1. The standard InChI is InChI=1S/C21H25NO4/c1-16(20(23)24)26-19-10-6-5-7-17(19)15-22-13-11-21(25,12-14-22)18-8-3-2-4-9-18/h2-10,16,25H,11-15H2,1H3,(H,23,24)/t16-/m0/s1. The lowest BCUT2D eigenvalue weighted by Gasteiger charge is -2.38. The van der Waals surface area contributed by atoms with Crippen molar-refractivity contribution < 1.29 is 19.7 Å². The molecule has 1 heterocycles. The van der Waals surface area contributed by atoms with Crippen molar-refractivity contribution in [3.8, 4) is 5.75 Å². The molecule has 2 N–H and O–H groups in total. The molecule has 5 nitrogen and oxygen atoms in total. The zero-order chi connectivity index (χ0) is 18.6. The second-order valence-electron chi connectivity index (χ2n) is 6.88. The van der Waals surface area contributed by atoms with Gasteiger partial charge in [-0.15, -0.1) is 0 Å². The van der Waals surface area contributed by atoms with Crippen LogP contribution >= 0.6 is 0 Å². The molecule has 0 spiro atoms. The van der Waals surface area contributed by atoms with Crippen LogP contribution in [0, 0.1) is 0 Å². The monoisotopic (exact) mass is 355 g/mol. The van der Waals surface area contributed by atoms with E-state index in [0.29, 0.717) is 25.1 Å². The minimum atomic E-state index is -0.981. The van der Waals surface area contributed by atoms with Crippen molar-refractivity contribution in [2.24, 2.45) is 0 Å². The zero-order valence-electron chi connectivity index (χ0n) is 15.0. The lowest BCUT2D eigenvalue weighted by molar-refractivity contribution is -0.144. The maximum Gasteiger partial charge on any atom is 0.344 e. The Morgan fingerprint density at radius 2 is 1.73 bits per heavy atom. The average Bonchev–Trinajstić information content (AvgIpc) is 2.66. The number of ether oxygens (including phenoxy) is 1. The zero-order valence-corrected chi connectivity index (χ0v) is 15.0. The number of carboxylic acids is 1. The van der Waals surface area contributed by atoms with Gasteiger partial charge in [0.1, 0.15) is 5.75 Å². The molecule has 0 unspecified atom stereocenters. The molecule has 0 aromatic heterocycles. The van der Waals surface area contributed by atoms with Crippen molar-refractivity contribution in [2.75, 3.05) is 13.1 Å². The molecule has 26 heavy (non-hydrogen) atoms. The maximum atomic E-state index is 11.0. The van der Waals surface area contributed by atoms with Gasteiger partial charge in [-0.1, -0.05) is 48.5 Å². The van der Waals surface area contributed by atoms with Gasteiger partial charge in [0.05, 0.1) is 5.60 Å². The summed E-state index contributed by atoms with van der Waals surface area (Å²) in [7, 11) is 0. The predicted molar refractivity (Wildman–Crippen MR) is 99.0 cm³/mol. The normalized spacial score (nSPS) is 18.2. The minimum Gasteiger partial charge on any atom is -0.479 e. The molecule has 1 fully saturated rings. The van der Waals surface area contributed by atoms with E-state index in [-0.39, 0.29) is 0 Å². The van der Waals surface area contributed by atoms with Crippen molar-refractivity contribution in [1.29, 1.82) is 0 Å². The summed E-state index contributed by atoms with van der Waals surface area (Å²) in [4.78, 5) is 13.3. The SMILES string of the molecule is C[C@H](Oc1ccccc1CN1CCC(O)(c2ccccc2)CC1)C(=O)O. The number of aliphatic carboxylic acids is 1. The molecule has 0 bridgehead atoms. The van der Waals surface area contributed by atoms with Crippen LogP contribution in [0.15, 0.2) is 54.6 Å². The van der Waals surface area contributed by atoms with E-state index < -0.39 is 17.7 Å². The Kier molecular flexibility index (Phi) is 5.59. The van der Waals surface area contributed by atoms with Gasteiger partial charge >= 0.3 is 5.97 Å². The first kappa shape index (κ1) is 18.4. The number of para-hydroxylation sites is 1. The molecule has 138 valence electrons. The predicted octanol–water partition coefficient (Wildman–Crippen LogP) is 3.02. The van der Waals surface area contributed by atoms with Gasteiger partial charge in [-0.25, -0.2) is 4.79 Å². The summed E-state index contributed by atoms with van der Waals surface area (Å²) < 4.78 is 5.58. The Hall–Kier alpha value is -2.37. The average molecular weight is 355 g/mol. The van der Waals surface area contributed by atoms with E-state index in [2.05, 4.69) is 4.90 Å². The summed E-state index contributed by atoms with van der Waals surface area (Å²) in [5, 5.41) is 20.0. The van der Waals surface area contributed by atoms with E-state index in [1.54, 1.807) is 6.07 Å². The molecule has 0 amide bonds. The van der Waals surface area contributed by atoms with Gasteiger partial charge in [0.25, 0.3) is 0 Å². The van der Waals surface area contributed by atoms with Crippen LogP contribution in [0.2, 0.25) is 0 Å². The van der Waals surface area contributed by atoms with Gasteiger partial charge in [-0.2, -0.15) is 0 Å². The molecule has 1 atom stereocenters. The van der Waals surface area contributed by atoms with Crippen LogP contribution in [-0.2, 0) is 16.9 Å². The number of nitrogens with zero attached hydrogens (tertiary/aromatic N) is 1. The van der Waals surface area contributed by atoms with Crippen molar-refractivity contribution in [1.82, 2.24) is 4.90 Å². The van der Waals surface area contributed by atoms with Crippen LogP contribution in [0.4, 0.5) is 0 Å². The van der Waals surface area contributed by atoms with Crippen LogP contribution in [0.25, 0.3) is 0 Å². The fourth-order valence-corrected chi connectivity index (χ4v) is 3.35. The quantitative estimate of drug-likeness (QED) is 0.834.